The Kier molecular flexibility index (Phi) is 3.83. The lowest BCUT2D eigenvalue weighted by Crippen LogP contribution is -2.34. The second kappa shape index (κ2) is 5.18. The lowest BCUT2D eigenvalue weighted by Gasteiger charge is -2.11. The van der Waals surface area contributed by atoms with Gasteiger partial charge in [-0.25, -0.2) is 0 Å². The number of nitrogens with one attached hydrogen (secondary N) is 2. The maximum atomic E-state index is 5.15. The molecule has 0 radical (unpaired) electrons. The van der Waals surface area contributed by atoms with Gasteiger partial charge in [-0.1, -0.05) is 6.08 Å². The van der Waals surface area contributed by atoms with Crippen molar-refractivity contribution in [3.05, 3.63) is 27.6 Å². The number of allylic oxidation sites excluding steroid dienone is 1. The summed E-state index contributed by atoms with van der Waals surface area (Å²) in [6, 6.07) is 0. The fraction of sp³-hybridized carbons (Fsp3) is 0.455. The Morgan fingerprint density at radius 1 is 1.53 bits per heavy atom. The summed E-state index contributed by atoms with van der Waals surface area (Å²) in [6.07, 6.45) is 3.14. The summed E-state index contributed by atoms with van der Waals surface area (Å²) < 4.78 is 3.05. The Bertz CT molecular complexity index is 478. The normalized spacial score (nSPS) is 15.9. The van der Waals surface area contributed by atoms with Crippen LogP contribution in [0.3, 0.4) is 0 Å². The molecule has 0 spiro atoms. The van der Waals surface area contributed by atoms with E-state index in [0.29, 0.717) is 5.11 Å². The van der Waals surface area contributed by atoms with Crippen LogP contribution < -0.4 is 10.6 Å². The molecule has 1 aliphatic rings. The van der Waals surface area contributed by atoms with E-state index in [0.717, 1.165) is 41.1 Å². The number of nitrogens with zero attached hydrogens (tertiary/aromatic N) is 2. The topological polar surface area (TPSA) is 41.9 Å². The molecule has 92 valence electrons. The van der Waals surface area contributed by atoms with E-state index in [-0.39, 0.29) is 0 Å². The summed E-state index contributed by atoms with van der Waals surface area (Å²) in [7, 11) is 0. The largest absolute Gasteiger partial charge is 0.362 e. The lowest BCUT2D eigenvalue weighted by atomic mass is 10.3. The van der Waals surface area contributed by atoms with E-state index in [1.165, 1.54) is 0 Å². The van der Waals surface area contributed by atoms with Crippen LogP contribution in [-0.4, -0.2) is 21.4 Å². The molecular formula is C11H15BrN4S. The highest BCUT2D eigenvalue weighted by Gasteiger charge is 2.11. The Morgan fingerprint density at radius 2 is 2.29 bits per heavy atom. The highest BCUT2D eigenvalue weighted by atomic mass is 79.9. The molecule has 0 aliphatic carbocycles. The molecule has 0 bridgehead atoms. The monoisotopic (exact) mass is 314 g/mol. The van der Waals surface area contributed by atoms with E-state index in [9.17, 15) is 0 Å². The maximum Gasteiger partial charge on any atom is 0.170 e. The standard InChI is InChI=1S/C11H15BrN4S/c1-7-10(12)8(2)16(15-7)6-9-4-3-5-13-11(17)14-9/h4H,3,5-6H2,1-2H3,(H2,13,14,17). The van der Waals surface area contributed by atoms with Gasteiger partial charge in [0, 0.05) is 12.2 Å². The number of aryl methyl sites for hydroxylation is 1. The van der Waals surface area contributed by atoms with E-state index in [4.69, 9.17) is 12.2 Å². The first-order chi connectivity index (χ1) is 8.08. The van der Waals surface area contributed by atoms with Crippen molar-refractivity contribution < 1.29 is 0 Å². The molecule has 17 heavy (non-hydrogen) atoms. The minimum atomic E-state index is 0.689. The number of hydrogen-bond acceptors (Lipinski definition) is 2. The van der Waals surface area contributed by atoms with Crippen LogP contribution in [0.4, 0.5) is 0 Å². The van der Waals surface area contributed by atoms with Crippen LogP contribution in [0.15, 0.2) is 16.2 Å². The number of aromatic nitrogens is 2. The van der Waals surface area contributed by atoms with E-state index >= 15 is 0 Å². The summed E-state index contributed by atoms with van der Waals surface area (Å²) in [5.41, 5.74) is 3.24. The molecule has 0 atom stereocenters. The molecular weight excluding hydrogens is 300 g/mol. The van der Waals surface area contributed by atoms with Crippen molar-refractivity contribution in [2.45, 2.75) is 26.8 Å². The smallest absolute Gasteiger partial charge is 0.170 e. The minimum absolute atomic E-state index is 0.689. The minimum Gasteiger partial charge on any atom is -0.362 e. The van der Waals surface area contributed by atoms with Crippen molar-refractivity contribution in [3.8, 4) is 0 Å². The van der Waals surface area contributed by atoms with Gasteiger partial charge in [-0.3, -0.25) is 4.68 Å². The molecule has 6 heteroatoms. The second-order valence-corrected chi connectivity index (χ2v) is 5.24. The second-order valence-electron chi connectivity index (χ2n) is 4.04. The SMILES string of the molecule is Cc1nn(CC2=CCCNC(=S)N2)c(C)c1Br. The predicted octanol–water partition coefficient (Wildman–Crippen LogP) is 2.01. The molecule has 2 heterocycles. The molecule has 4 nitrogen and oxygen atoms in total. The first kappa shape index (κ1) is 12.6. The molecule has 0 aromatic carbocycles. The van der Waals surface area contributed by atoms with Crippen LogP contribution in [0.25, 0.3) is 0 Å². The van der Waals surface area contributed by atoms with Crippen molar-refractivity contribution in [1.82, 2.24) is 20.4 Å². The predicted molar refractivity (Wildman–Crippen MR) is 75.8 cm³/mol. The molecule has 0 fully saturated rings. The number of halogens is 1. The van der Waals surface area contributed by atoms with Gasteiger partial charge in [-0.05, 0) is 48.4 Å². The highest BCUT2D eigenvalue weighted by molar-refractivity contribution is 9.10. The van der Waals surface area contributed by atoms with Crippen molar-refractivity contribution in [2.75, 3.05) is 6.54 Å². The summed E-state index contributed by atoms with van der Waals surface area (Å²) in [5, 5.41) is 11.5. The third-order valence-corrected chi connectivity index (χ3v) is 4.10. The first-order valence-corrected chi connectivity index (χ1v) is 6.71. The Morgan fingerprint density at radius 3 is 2.94 bits per heavy atom. The highest BCUT2D eigenvalue weighted by Crippen LogP contribution is 2.20. The third kappa shape index (κ3) is 2.87. The van der Waals surface area contributed by atoms with Gasteiger partial charge in [-0.2, -0.15) is 5.10 Å². The zero-order valence-corrected chi connectivity index (χ0v) is 12.3. The molecule has 1 aromatic heterocycles. The average Bonchev–Trinajstić information content (AvgIpc) is 2.47. The summed E-state index contributed by atoms with van der Waals surface area (Å²) in [5.74, 6) is 0. The summed E-state index contributed by atoms with van der Waals surface area (Å²) in [6.45, 7) is 5.66. The first-order valence-electron chi connectivity index (χ1n) is 5.51. The molecule has 0 saturated carbocycles. The van der Waals surface area contributed by atoms with Crippen molar-refractivity contribution in [3.63, 3.8) is 0 Å². The molecule has 2 N–H and O–H groups in total. The maximum absolute atomic E-state index is 5.15. The molecule has 2 rings (SSSR count). The van der Waals surface area contributed by atoms with Gasteiger partial charge in [0.25, 0.3) is 0 Å². The van der Waals surface area contributed by atoms with E-state index in [1.807, 2.05) is 11.6 Å². The van der Waals surface area contributed by atoms with Gasteiger partial charge in [0.15, 0.2) is 5.11 Å². The van der Waals surface area contributed by atoms with Gasteiger partial charge < -0.3 is 10.6 Å². The fourth-order valence-corrected chi connectivity index (χ4v) is 2.28. The van der Waals surface area contributed by atoms with Gasteiger partial charge in [0.05, 0.1) is 22.4 Å². The summed E-state index contributed by atoms with van der Waals surface area (Å²) >= 11 is 8.68. The average molecular weight is 315 g/mol. The van der Waals surface area contributed by atoms with E-state index < -0.39 is 0 Å². The zero-order valence-electron chi connectivity index (χ0n) is 9.88. The Labute approximate surface area is 115 Å². The number of hydrogen-bond donors (Lipinski definition) is 2. The molecule has 0 saturated heterocycles. The lowest BCUT2D eigenvalue weighted by molar-refractivity contribution is 0.634. The zero-order chi connectivity index (χ0) is 12.4. The van der Waals surface area contributed by atoms with Crippen molar-refractivity contribution >= 4 is 33.3 Å². The van der Waals surface area contributed by atoms with Gasteiger partial charge in [0.2, 0.25) is 0 Å². The summed E-state index contributed by atoms with van der Waals surface area (Å²) in [4.78, 5) is 0. The van der Waals surface area contributed by atoms with Crippen LogP contribution in [0.1, 0.15) is 17.8 Å². The van der Waals surface area contributed by atoms with E-state index in [2.05, 4.69) is 44.7 Å². The van der Waals surface area contributed by atoms with Gasteiger partial charge in [-0.15, -0.1) is 0 Å². The Hall–Kier alpha value is -0.880. The molecule has 1 aromatic rings. The van der Waals surface area contributed by atoms with Crippen LogP contribution in [0, 0.1) is 13.8 Å². The quantitative estimate of drug-likeness (QED) is 0.820. The van der Waals surface area contributed by atoms with E-state index in [1.54, 1.807) is 0 Å². The van der Waals surface area contributed by atoms with Crippen molar-refractivity contribution in [1.29, 1.82) is 0 Å². The fourth-order valence-electron chi connectivity index (χ4n) is 1.77. The van der Waals surface area contributed by atoms with Crippen LogP contribution in [0.5, 0.6) is 0 Å². The van der Waals surface area contributed by atoms with Crippen LogP contribution >= 0.6 is 28.1 Å². The van der Waals surface area contributed by atoms with Gasteiger partial charge >= 0.3 is 0 Å². The molecule has 1 aliphatic heterocycles. The number of rotatable bonds is 2. The van der Waals surface area contributed by atoms with Crippen LogP contribution in [0.2, 0.25) is 0 Å². The van der Waals surface area contributed by atoms with Crippen LogP contribution in [-0.2, 0) is 6.54 Å². The third-order valence-electron chi connectivity index (χ3n) is 2.71. The molecule has 0 amide bonds. The number of thiocarbonyl (C=S) groups is 1. The Balaban J connectivity index is 2.17. The molecule has 0 unspecified atom stereocenters. The van der Waals surface area contributed by atoms with Crippen molar-refractivity contribution in [2.24, 2.45) is 0 Å². The van der Waals surface area contributed by atoms with Gasteiger partial charge in [0.1, 0.15) is 0 Å².